The minimum absolute atomic E-state index is 0.194. The zero-order chi connectivity index (χ0) is 35.6. The van der Waals surface area contributed by atoms with Crippen molar-refractivity contribution in [1.29, 1.82) is 0 Å². The molecule has 2 atom stereocenters. The monoisotopic (exact) mass is 673 g/mol. The van der Waals surface area contributed by atoms with Gasteiger partial charge in [0.25, 0.3) is 0 Å². The third-order valence-electron chi connectivity index (χ3n) is 10.1. The van der Waals surface area contributed by atoms with E-state index in [2.05, 4.69) is 47.9 Å². The second-order valence-corrected chi connectivity index (χ2v) is 15.9. The van der Waals surface area contributed by atoms with Crippen molar-refractivity contribution in [3.63, 3.8) is 0 Å². The highest BCUT2D eigenvalue weighted by Gasteiger charge is 2.48. The Morgan fingerprint density at radius 1 is 1.02 bits per heavy atom. The summed E-state index contributed by atoms with van der Waals surface area (Å²) in [7, 11) is 0. The fourth-order valence-electron chi connectivity index (χ4n) is 7.58. The van der Waals surface area contributed by atoms with Crippen molar-refractivity contribution in [1.82, 2.24) is 9.88 Å². The zero-order valence-electron chi connectivity index (χ0n) is 30.9. The Balaban J connectivity index is 1.57. The van der Waals surface area contributed by atoms with Gasteiger partial charge in [0.05, 0.1) is 17.4 Å². The van der Waals surface area contributed by atoms with Crippen molar-refractivity contribution in [2.45, 2.75) is 118 Å². The Morgan fingerprint density at radius 3 is 2.12 bits per heavy atom. The molecule has 0 saturated carbocycles. The van der Waals surface area contributed by atoms with Crippen LogP contribution in [-0.2, 0) is 33.0 Å². The summed E-state index contributed by atoms with van der Waals surface area (Å²) < 4.78 is 26.2. The van der Waals surface area contributed by atoms with Gasteiger partial charge in [0, 0.05) is 61.8 Å². The van der Waals surface area contributed by atoms with Gasteiger partial charge in [-0.2, -0.15) is 0 Å². The summed E-state index contributed by atoms with van der Waals surface area (Å²) in [5, 5.41) is 10.9. The van der Waals surface area contributed by atoms with Crippen LogP contribution in [0.4, 0.5) is 10.1 Å². The molecule has 2 fully saturated rings. The molecule has 7 nitrogen and oxygen atoms in total. The van der Waals surface area contributed by atoms with E-state index in [-0.39, 0.29) is 23.8 Å². The van der Waals surface area contributed by atoms with E-state index in [1.807, 2.05) is 53.7 Å². The summed E-state index contributed by atoms with van der Waals surface area (Å²) in [5.41, 5.74) is 5.30. The second kappa shape index (κ2) is 14.9. The zero-order valence-corrected chi connectivity index (χ0v) is 30.9. The number of aliphatic carboxylic acids is 1. The third-order valence-corrected chi connectivity index (χ3v) is 10.1. The number of benzene rings is 2. The summed E-state index contributed by atoms with van der Waals surface area (Å²) in [6.45, 7) is 20.9. The molecule has 2 aliphatic rings. The average Bonchev–Trinajstić information content (AvgIpc) is 3.54. The first-order valence-corrected chi connectivity index (χ1v) is 18.0. The molecule has 0 aliphatic carbocycles. The maximum Gasteiger partial charge on any atom is 0.340 e. The number of aryl methyl sites for hydroxylation is 2. The van der Waals surface area contributed by atoms with E-state index in [0.717, 1.165) is 92.1 Å². The number of anilines is 1. The van der Waals surface area contributed by atoms with Crippen LogP contribution in [-0.4, -0.2) is 58.9 Å². The summed E-state index contributed by atoms with van der Waals surface area (Å²) >= 11 is 0. The van der Waals surface area contributed by atoms with Crippen LogP contribution in [0.3, 0.4) is 0 Å². The van der Waals surface area contributed by atoms with Crippen molar-refractivity contribution in [3.8, 4) is 11.1 Å². The highest BCUT2D eigenvalue weighted by Crippen LogP contribution is 2.48. The van der Waals surface area contributed by atoms with E-state index in [9.17, 15) is 14.3 Å². The van der Waals surface area contributed by atoms with Crippen molar-refractivity contribution in [3.05, 3.63) is 82.4 Å². The summed E-state index contributed by atoms with van der Waals surface area (Å²) in [6.07, 6.45) is 4.60. The number of nitrogens with zero attached hydrogens (tertiary/aromatic N) is 3. The van der Waals surface area contributed by atoms with Crippen molar-refractivity contribution in [2.75, 3.05) is 31.1 Å². The lowest BCUT2D eigenvalue weighted by atomic mass is 9.80. The summed E-state index contributed by atoms with van der Waals surface area (Å²) in [5.74, 6) is -1.22. The number of pyridine rings is 1. The quantitative estimate of drug-likeness (QED) is 0.206. The Morgan fingerprint density at radius 2 is 1.61 bits per heavy atom. The molecule has 1 aromatic heterocycles. The summed E-state index contributed by atoms with van der Waals surface area (Å²) in [6, 6.07) is 15.4. The van der Waals surface area contributed by atoms with E-state index in [4.69, 9.17) is 14.5 Å². The fourth-order valence-corrected chi connectivity index (χ4v) is 7.58. The lowest BCUT2D eigenvalue weighted by molar-refractivity contribution is -0.188. The lowest BCUT2D eigenvalue weighted by Crippen LogP contribution is -2.47. The predicted octanol–water partition coefficient (Wildman–Crippen LogP) is 8.82. The van der Waals surface area contributed by atoms with Crippen LogP contribution in [0.2, 0.25) is 0 Å². The number of carboxylic acids is 1. The molecular weight excluding hydrogens is 617 g/mol. The highest BCUT2D eigenvalue weighted by molar-refractivity contribution is 5.90. The van der Waals surface area contributed by atoms with Gasteiger partial charge in [0.15, 0.2) is 5.60 Å². The van der Waals surface area contributed by atoms with E-state index in [1.165, 1.54) is 12.1 Å². The minimum atomic E-state index is -1.57. The maximum atomic E-state index is 13.7. The van der Waals surface area contributed by atoms with Gasteiger partial charge in [-0.05, 0) is 101 Å². The van der Waals surface area contributed by atoms with Crippen LogP contribution in [0.15, 0.2) is 48.5 Å². The van der Waals surface area contributed by atoms with Crippen LogP contribution in [0.25, 0.3) is 11.1 Å². The second-order valence-electron chi connectivity index (χ2n) is 15.9. The molecule has 0 bridgehead atoms. The van der Waals surface area contributed by atoms with E-state index in [0.29, 0.717) is 17.8 Å². The topological polar surface area (TPSA) is 75.1 Å². The van der Waals surface area contributed by atoms with Gasteiger partial charge in [-0.25, -0.2) is 9.18 Å². The standard InChI is InChI=1S/C41H56FN3O4/c1-9-41(38(46)47,49-39(4,5)6)36-29(3)43-28(2)35(37(36)45-22-20-40(7,8)21-23-45)32-16-12-30(13-17-32)25-44(27-34-11-10-24-48-34)26-31-14-18-33(42)19-15-31/h12-19,34H,9-11,20-27H2,1-8H3,(H,46,47)/t34?,41-/m0/s1. The number of aromatic nitrogens is 1. The molecule has 0 spiro atoms. The molecular formula is C41H56FN3O4. The van der Waals surface area contributed by atoms with Gasteiger partial charge in [-0.3, -0.25) is 9.88 Å². The smallest absolute Gasteiger partial charge is 0.340 e. The molecule has 3 aromatic rings. The number of hydrogen-bond donors (Lipinski definition) is 1. The van der Waals surface area contributed by atoms with Gasteiger partial charge in [-0.15, -0.1) is 0 Å². The number of rotatable bonds is 12. The van der Waals surface area contributed by atoms with Crippen LogP contribution in [0.1, 0.15) is 102 Å². The first kappa shape index (κ1) is 36.9. The van der Waals surface area contributed by atoms with Gasteiger partial charge in [0.1, 0.15) is 5.82 Å². The molecule has 0 radical (unpaired) electrons. The first-order valence-electron chi connectivity index (χ1n) is 18.0. The van der Waals surface area contributed by atoms with Crippen LogP contribution < -0.4 is 4.90 Å². The van der Waals surface area contributed by atoms with E-state index >= 15 is 0 Å². The lowest BCUT2D eigenvalue weighted by Gasteiger charge is -2.44. The van der Waals surface area contributed by atoms with Crippen LogP contribution in [0.5, 0.6) is 0 Å². The van der Waals surface area contributed by atoms with Crippen molar-refractivity contribution in [2.24, 2.45) is 5.41 Å². The SMILES string of the molecule is CC[C@@](OC(C)(C)C)(C(=O)O)c1c(C)nc(C)c(-c2ccc(CN(Cc3ccc(F)cc3)CC3CCCO3)cc2)c1N1CCC(C)(C)CC1. The third kappa shape index (κ3) is 8.70. The number of carboxylic acid groups (broad SMARTS) is 1. The Hall–Kier alpha value is -3.33. The number of halogens is 1. The number of carbonyl (C=O) groups is 1. The van der Waals surface area contributed by atoms with Crippen molar-refractivity contribution >= 4 is 11.7 Å². The molecule has 1 unspecified atom stereocenters. The number of piperidine rings is 1. The van der Waals surface area contributed by atoms with E-state index in [1.54, 1.807) is 0 Å². The molecule has 1 N–H and O–H groups in total. The minimum Gasteiger partial charge on any atom is -0.479 e. The predicted molar refractivity (Wildman–Crippen MR) is 194 cm³/mol. The number of hydrogen-bond acceptors (Lipinski definition) is 6. The number of ether oxygens (including phenoxy) is 2. The molecule has 2 saturated heterocycles. The summed E-state index contributed by atoms with van der Waals surface area (Å²) in [4.78, 5) is 23.2. The Bertz CT molecular complexity index is 1580. The van der Waals surface area contributed by atoms with Gasteiger partial charge in [-0.1, -0.05) is 57.2 Å². The molecule has 2 aliphatic heterocycles. The first-order chi connectivity index (χ1) is 23.1. The van der Waals surface area contributed by atoms with Gasteiger partial charge in [0.2, 0.25) is 0 Å². The van der Waals surface area contributed by atoms with Crippen LogP contribution in [0, 0.1) is 25.1 Å². The molecule has 2 aromatic carbocycles. The fraction of sp³-hybridized carbons (Fsp3) is 0.561. The Kier molecular flexibility index (Phi) is 11.2. The molecule has 49 heavy (non-hydrogen) atoms. The highest BCUT2D eigenvalue weighted by atomic mass is 19.1. The normalized spacial score (nSPS) is 19.3. The van der Waals surface area contributed by atoms with E-state index < -0.39 is 17.2 Å². The molecule has 3 heterocycles. The molecule has 8 heteroatoms. The molecule has 266 valence electrons. The Labute approximate surface area is 292 Å². The van der Waals surface area contributed by atoms with Crippen LogP contribution >= 0.6 is 0 Å². The van der Waals surface area contributed by atoms with Crippen molar-refractivity contribution < 1.29 is 23.8 Å². The maximum absolute atomic E-state index is 13.7. The van der Waals surface area contributed by atoms with Gasteiger partial charge >= 0.3 is 5.97 Å². The average molecular weight is 674 g/mol. The van der Waals surface area contributed by atoms with Gasteiger partial charge < -0.3 is 19.5 Å². The largest absolute Gasteiger partial charge is 0.479 e. The molecule has 0 amide bonds. The molecule has 5 rings (SSSR count).